The van der Waals surface area contributed by atoms with Crippen molar-refractivity contribution in [2.45, 2.75) is 4.90 Å². The van der Waals surface area contributed by atoms with Gasteiger partial charge in [-0.15, -0.1) is 0 Å². The second-order valence-electron chi connectivity index (χ2n) is 6.28. The monoisotopic (exact) mass is 432 g/mol. The van der Waals surface area contributed by atoms with E-state index >= 15 is 0 Å². The molecule has 0 saturated heterocycles. The van der Waals surface area contributed by atoms with Gasteiger partial charge in [-0.1, -0.05) is 6.07 Å². The minimum atomic E-state index is -3.97. The van der Waals surface area contributed by atoms with Crippen LogP contribution in [0, 0.1) is 11.6 Å². The van der Waals surface area contributed by atoms with Crippen molar-refractivity contribution < 1.29 is 26.7 Å². The van der Waals surface area contributed by atoms with Crippen molar-refractivity contribution in [1.82, 2.24) is 0 Å². The molecule has 0 aromatic heterocycles. The molecule has 0 aliphatic carbocycles. The van der Waals surface area contributed by atoms with Gasteiger partial charge in [-0.2, -0.15) is 0 Å². The molecule has 6 nitrogen and oxygen atoms in total. The van der Waals surface area contributed by atoms with E-state index in [1.807, 2.05) is 0 Å². The van der Waals surface area contributed by atoms with Gasteiger partial charge in [0.25, 0.3) is 15.9 Å². The molecule has 0 spiro atoms. The van der Waals surface area contributed by atoms with Gasteiger partial charge in [-0.3, -0.25) is 9.10 Å². The van der Waals surface area contributed by atoms with Crippen molar-refractivity contribution in [2.24, 2.45) is 0 Å². The first-order valence-electron chi connectivity index (χ1n) is 8.72. The van der Waals surface area contributed by atoms with Gasteiger partial charge in [-0.25, -0.2) is 17.2 Å². The highest BCUT2D eigenvalue weighted by atomic mass is 32.2. The number of benzene rings is 3. The molecule has 0 saturated carbocycles. The van der Waals surface area contributed by atoms with Crippen LogP contribution in [0.2, 0.25) is 0 Å². The van der Waals surface area contributed by atoms with Crippen LogP contribution in [-0.2, 0) is 10.0 Å². The quantitative estimate of drug-likeness (QED) is 0.638. The average Bonchev–Trinajstić information content (AvgIpc) is 2.75. The van der Waals surface area contributed by atoms with Crippen LogP contribution in [0.15, 0.2) is 71.6 Å². The predicted octanol–water partition coefficient (Wildman–Crippen LogP) is 4.05. The topological polar surface area (TPSA) is 75.7 Å². The third-order valence-electron chi connectivity index (χ3n) is 4.37. The Morgan fingerprint density at radius 3 is 2.33 bits per heavy atom. The van der Waals surface area contributed by atoms with Crippen molar-refractivity contribution in [2.75, 3.05) is 23.8 Å². The number of methoxy groups -OCH3 is 1. The van der Waals surface area contributed by atoms with E-state index in [1.165, 1.54) is 38.4 Å². The summed E-state index contributed by atoms with van der Waals surface area (Å²) < 4.78 is 58.9. The van der Waals surface area contributed by atoms with Crippen LogP contribution < -0.4 is 14.4 Å². The Kier molecular flexibility index (Phi) is 6.02. The van der Waals surface area contributed by atoms with E-state index in [-0.39, 0.29) is 16.1 Å². The van der Waals surface area contributed by atoms with E-state index in [0.29, 0.717) is 17.5 Å². The highest BCUT2D eigenvalue weighted by Crippen LogP contribution is 2.25. The van der Waals surface area contributed by atoms with Crippen LogP contribution in [0.4, 0.5) is 20.2 Å². The van der Waals surface area contributed by atoms with Crippen LogP contribution in [-0.4, -0.2) is 28.5 Å². The molecular formula is C21H18F2N2O4S. The van der Waals surface area contributed by atoms with E-state index < -0.39 is 27.6 Å². The van der Waals surface area contributed by atoms with E-state index in [1.54, 1.807) is 24.3 Å². The smallest absolute Gasteiger partial charge is 0.264 e. The van der Waals surface area contributed by atoms with Gasteiger partial charge in [0.2, 0.25) is 0 Å². The standard InChI is InChI=1S/C21H18F2N2O4S/c1-25(16-7-9-17(29-2)10-8-16)30(27,28)18-5-3-4-14(12-18)21(26)24-20-11-6-15(22)13-19(20)23/h3-13H,1-2H3,(H,24,26). The molecule has 3 rings (SSSR count). The minimum Gasteiger partial charge on any atom is -0.497 e. The Morgan fingerprint density at radius 2 is 1.70 bits per heavy atom. The number of anilines is 2. The second kappa shape index (κ2) is 8.50. The Bertz CT molecular complexity index is 1180. The number of hydrogen-bond acceptors (Lipinski definition) is 4. The van der Waals surface area contributed by atoms with Crippen LogP contribution in [0.25, 0.3) is 0 Å². The summed E-state index contributed by atoms with van der Waals surface area (Å²) in [5.74, 6) is -1.87. The predicted molar refractivity (Wildman–Crippen MR) is 109 cm³/mol. The van der Waals surface area contributed by atoms with Gasteiger partial charge in [0, 0.05) is 18.7 Å². The van der Waals surface area contributed by atoms with Gasteiger partial charge in [0.15, 0.2) is 0 Å². The average molecular weight is 432 g/mol. The van der Waals surface area contributed by atoms with Crippen molar-refractivity contribution >= 4 is 27.3 Å². The van der Waals surface area contributed by atoms with Gasteiger partial charge in [0.1, 0.15) is 17.4 Å². The SMILES string of the molecule is COc1ccc(N(C)S(=O)(=O)c2cccc(C(=O)Nc3ccc(F)cc3F)c2)cc1. The molecule has 0 radical (unpaired) electrons. The Morgan fingerprint density at radius 1 is 1.00 bits per heavy atom. The van der Waals surface area contributed by atoms with E-state index in [2.05, 4.69) is 5.32 Å². The van der Waals surface area contributed by atoms with Crippen molar-refractivity contribution in [3.05, 3.63) is 83.9 Å². The third kappa shape index (κ3) is 4.41. The fraction of sp³-hybridized carbons (Fsp3) is 0.0952. The number of rotatable bonds is 6. The van der Waals surface area contributed by atoms with Gasteiger partial charge < -0.3 is 10.1 Å². The summed E-state index contributed by atoms with van der Waals surface area (Å²) in [6.45, 7) is 0. The summed E-state index contributed by atoms with van der Waals surface area (Å²) in [5.41, 5.74) is 0.187. The maximum absolute atomic E-state index is 13.8. The van der Waals surface area contributed by atoms with E-state index in [9.17, 15) is 22.0 Å². The Hall–Kier alpha value is -3.46. The number of sulfonamides is 1. The number of amides is 1. The summed E-state index contributed by atoms with van der Waals surface area (Å²) in [6, 6.07) is 14.5. The summed E-state index contributed by atoms with van der Waals surface area (Å²) in [7, 11) is -1.07. The normalized spacial score (nSPS) is 11.1. The maximum atomic E-state index is 13.8. The van der Waals surface area contributed by atoms with Crippen LogP contribution in [0.1, 0.15) is 10.4 Å². The van der Waals surface area contributed by atoms with Crippen molar-refractivity contribution in [3.8, 4) is 5.75 Å². The third-order valence-corrected chi connectivity index (χ3v) is 6.15. The largest absolute Gasteiger partial charge is 0.497 e. The van der Waals surface area contributed by atoms with Gasteiger partial charge >= 0.3 is 0 Å². The van der Waals surface area contributed by atoms with Crippen LogP contribution >= 0.6 is 0 Å². The molecule has 0 heterocycles. The summed E-state index contributed by atoms with van der Waals surface area (Å²) >= 11 is 0. The molecule has 0 unspecified atom stereocenters. The molecule has 30 heavy (non-hydrogen) atoms. The second-order valence-corrected chi connectivity index (χ2v) is 8.25. The highest BCUT2D eigenvalue weighted by molar-refractivity contribution is 7.92. The summed E-state index contributed by atoms with van der Waals surface area (Å²) in [5, 5.41) is 2.30. The van der Waals surface area contributed by atoms with Gasteiger partial charge in [-0.05, 0) is 54.6 Å². The zero-order chi connectivity index (χ0) is 21.9. The zero-order valence-corrected chi connectivity index (χ0v) is 16.9. The molecule has 3 aromatic rings. The van der Waals surface area contributed by atoms with Crippen molar-refractivity contribution in [1.29, 1.82) is 0 Å². The van der Waals surface area contributed by atoms with Crippen LogP contribution in [0.5, 0.6) is 5.75 Å². The Labute approximate surface area is 172 Å². The van der Waals surface area contributed by atoms with E-state index in [4.69, 9.17) is 4.74 Å². The number of ether oxygens (including phenoxy) is 1. The molecule has 0 bridgehead atoms. The molecule has 0 aliphatic heterocycles. The minimum absolute atomic E-state index is 0.00271. The van der Waals surface area contributed by atoms with Crippen molar-refractivity contribution in [3.63, 3.8) is 0 Å². The Balaban J connectivity index is 1.86. The maximum Gasteiger partial charge on any atom is 0.264 e. The molecule has 1 amide bonds. The first-order valence-corrected chi connectivity index (χ1v) is 10.2. The zero-order valence-electron chi connectivity index (χ0n) is 16.1. The fourth-order valence-corrected chi connectivity index (χ4v) is 3.91. The lowest BCUT2D eigenvalue weighted by atomic mass is 10.2. The molecule has 156 valence electrons. The number of carbonyl (C=O) groups is 1. The number of halogens is 2. The number of nitrogens with zero attached hydrogens (tertiary/aromatic N) is 1. The number of carbonyl (C=O) groups excluding carboxylic acids is 1. The highest BCUT2D eigenvalue weighted by Gasteiger charge is 2.23. The van der Waals surface area contributed by atoms with Crippen LogP contribution in [0.3, 0.4) is 0 Å². The molecule has 1 N–H and O–H groups in total. The number of nitrogens with one attached hydrogen (secondary N) is 1. The molecule has 3 aromatic carbocycles. The fourth-order valence-electron chi connectivity index (χ4n) is 2.67. The molecule has 0 atom stereocenters. The van der Waals surface area contributed by atoms with E-state index in [0.717, 1.165) is 16.4 Å². The van der Waals surface area contributed by atoms with Gasteiger partial charge in [0.05, 0.1) is 23.4 Å². The first-order chi connectivity index (χ1) is 14.2. The molecule has 9 heteroatoms. The lowest BCUT2D eigenvalue weighted by Crippen LogP contribution is -2.26. The lowest BCUT2D eigenvalue weighted by molar-refractivity contribution is 0.102. The number of hydrogen-bond donors (Lipinski definition) is 1. The molecule has 0 fully saturated rings. The summed E-state index contributed by atoms with van der Waals surface area (Å²) in [4.78, 5) is 12.3. The summed E-state index contributed by atoms with van der Waals surface area (Å²) in [6.07, 6.45) is 0. The first kappa shape index (κ1) is 21.3. The molecule has 0 aliphatic rings. The lowest BCUT2D eigenvalue weighted by Gasteiger charge is -2.20. The molecular weight excluding hydrogens is 414 g/mol.